The molecule has 1 rings (SSSR count). The molecule has 1 aliphatic heterocycles. The lowest BCUT2D eigenvalue weighted by molar-refractivity contribution is -0.134. The van der Waals surface area contributed by atoms with E-state index in [1.807, 2.05) is 6.92 Å². The Kier molecular flexibility index (Phi) is 8.70. The summed E-state index contributed by atoms with van der Waals surface area (Å²) in [5.41, 5.74) is 0. The second-order valence-electron chi connectivity index (χ2n) is 3.05. The molecule has 6 heteroatoms. The van der Waals surface area contributed by atoms with Crippen LogP contribution in [0.15, 0.2) is 0 Å². The molecule has 5 nitrogen and oxygen atoms in total. The molecule has 0 saturated carbocycles. The van der Waals surface area contributed by atoms with Gasteiger partial charge in [0.15, 0.2) is 0 Å². The van der Waals surface area contributed by atoms with E-state index in [-0.39, 0.29) is 24.4 Å². The monoisotopic (exact) mass is 238 g/mol. The number of amides is 1. The smallest absolute Gasteiger partial charge is 0.250 e. The maximum absolute atomic E-state index is 11.4. The van der Waals surface area contributed by atoms with E-state index in [1.165, 1.54) is 0 Å². The highest BCUT2D eigenvalue weighted by atomic mass is 35.5. The molecule has 1 unspecified atom stereocenters. The largest absolute Gasteiger partial charge is 0.380 e. The number of ether oxygens (including phenoxy) is 2. The third-order valence-electron chi connectivity index (χ3n) is 1.97. The van der Waals surface area contributed by atoms with Gasteiger partial charge in [-0.3, -0.25) is 4.79 Å². The molecule has 0 bridgehead atoms. The van der Waals surface area contributed by atoms with Gasteiger partial charge in [-0.1, -0.05) is 0 Å². The summed E-state index contributed by atoms with van der Waals surface area (Å²) < 4.78 is 10.4. The normalized spacial score (nSPS) is 20.5. The standard InChI is InChI=1S/C9H18N2O3.ClH/c1-2-13-5-4-11-9(12)8-7-10-3-6-14-8;/h8,10H,2-7H2,1H3,(H,11,12);1H. The van der Waals surface area contributed by atoms with Crippen molar-refractivity contribution < 1.29 is 14.3 Å². The first-order valence-corrected chi connectivity index (χ1v) is 5.02. The SMILES string of the molecule is CCOCCNC(=O)C1CNCCO1.Cl. The lowest BCUT2D eigenvalue weighted by atomic mass is 10.3. The average molecular weight is 239 g/mol. The summed E-state index contributed by atoms with van der Waals surface area (Å²) in [6, 6.07) is 0. The Morgan fingerprint density at radius 3 is 3.07 bits per heavy atom. The fourth-order valence-electron chi connectivity index (χ4n) is 1.24. The Morgan fingerprint density at radius 1 is 1.67 bits per heavy atom. The Labute approximate surface area is 96.3 Å². The van der Waals surface area contributed by atoms with Crippen molar-refractivity contribution in [3.63, 3.8) is 0 Å². The van der Waals surface area contributed by atoms with Gasteiger partial charge in [0, 0.05) is 26.2 Å². The van der Waals surface area contributed by atoms with Gasteiger partial charge in [-0.25, -0.2) is 0 Å². The lowest BCUT2D eigenvalue weighted by Gasteiger charge is -2.22. The first-order chi connectivity index (χ1) is 6.84. The van der Waals surface area contributed by atoms with Crippen LogP contribution in [0.3, 0.4) is 0 Å². The van der Waals surface area contributed by atoms with Gasteiger partial charge in [-0.05, 0) is 6.92 Å². The van der Waals surface area contributed by atoms with Crippen LogP contribution < -0.4 is 10.6 Å². The molecule has 15 heavy (non-hydrogen) atoms. The van der Waals surface area contributed by atoms with Crippen molar-refractivity contribution in [2.24, 2.45) is 0 Å². The summed E-state index contributed by atoms with van der Waals surface area (Å²) in [5, 5.41) is 5.86. The highest BCUT2D eigenvalue weighted by molar-refractivity contribution is 5.85. The first-order valence-electron chi connectivity index (χ1n) is 5.02. The Bertz CT molecular complexity index is 175. The van der Waals surface area contributed by atoms with Gasteiger partial charge in [-0.2, -0.15) is 0 Å². The van der Waals surface area contributed by atoms with Crippen LogP contribution in [0.25, 0.3) is 0 Å². The van der Waals surface area contributed by atoms with Crippen LogP contribution in [0.2, 0.25) is 0 Å². The zero-order valence-corrected chi connectivity index (χ0v) is 9.77. The second kappa shape index (κ2) is 8.91. The number of morpholine rings is 1. The van der Waals surface area contributed by atoms with E-state index >= 15 is 0 Å². The summed E-state index contributed by atoms with van der Waals surface area (Å²) >= 11 is 0. The van der Waals surface area contributed by atoms with Crippen LogP contribution in [-0.2, 0) is 14.3 Å². The van der Waals surface area contributed by atoms with Crippen molar-refractivity contribution in [2.45, 2.75) is 13.0 Å². The number of carbonyl (C=O) groups is 1. The summed E-state index contributed by atoms with van der Waals surface area (Å²) in [6.45, 7) is 5.73. The van der Waals surface area contributed by atoms with E-state index in [4.69, 9.17) is 9.47 Å². The van der Waals surface area contributed by atoms with E-state index in [0.717, 1.165) is 6.54 Å². The van der Waals surface area contributed by atoms with Crippen LogP contribution >= 0.6 is 12.4 Å². The maximum Gasteiger partial charge on any atom is 0.250 e. The fourth-order valence-corrected chi connectivity index (χ4v) is 1.24. The molecule has 1 fully saturated rings. The average Bonchev–Trinajstić information content (AvgIpc) is 2.25. The molecule has 0 spiro atoms. The number of hydrogen-bond acceptors (Lipinski definition) is 4. The van der Waals surface area contributed by atoms with Crippen LogP contribution in [0, 0.1) is 0 Å². The van der Waals surface area contributed by atoms with E-state index in [1.54, 1.807) is 0 Å². The molecule has 0 aromatic heterocycles. The van der Waals surface area contributed by atoms with E-state index in [9.17, 15) is 4.79 Å². The second-order valence-corrected chi connectivity index (χ2v) is 3.05. The van der Waals surface area contributed by atoms with E-state index in [2.05, 4.69) is 10.6 Å². The minimum absolute atomic E-state index is 0. The van der Waals surface area contributed by atoms with Crippen LogP contribution in [0.4, 0.5) is 0 Å². The third-order valence-corrected chi connectivity index (χ3v) is 1.97. The molecule has 2 N–H and O–H groups in total. The molecule has 1 saturated heterocycles. The van der Waals surface area contributed by atoms with Crippen molar-refractivity contribution in [1.29, 1.82) is 0 Å². The van der Waals surface area contributed by atoms with Crippen LogP contribution in [0.1, 0.15) is 6.92 Å². The topological polar surface area (TPSA) is 59.6 Å². The van der Waals surface area contributed by atoms with Crippen molar-refractivity contribution in [2.75, 3.05) is 39.5 Å². The highest BCUT2D eigenvalue weighted by Crippen LogP contribution is 1.95. The molecule has 0 aromatic carbocycles. The van der Waals surface area contributed by atoms with Crippen molar-refractivity contribution in [3.8, 4) is 0 Å². The molecule has 1 atom stereocenters. The highest BCUT2D eigenvalue weighted by Gasteiger charge is 2.20. The summed E-state index contributed by atoms with van der Waals surface area (Å²) in [6.07, 6.45) is -0.342. The molecule has 1 heterocycles. The van der Waals surface area contributed by atoms with Gasteiger partial charge in [0.1, 0.15) is 6.10 Å². The first kappa shape index (κ1) is 14.6. The predicted octanol–water partition coefficient (Wildman–Crippen LogP) is -0.451. The predicted molar refractivity (Wildman–Crippen MR) is 59.4 cm³/mol. The Hall–Kier alpha value is -0.360. The third kappa shape index (κ3) is 5.94. The molecular weight excluding hydrogens is 220 g/mol. The quantitative estimate of drug-likeness (QED) is 0.637. The van der Waals surface area contributed by atoms with Crippen molar-refractivity contribution in [1.82, 2.24) is 10.6 Å². The number of rotatable bonds is 5. The van der Waals surface area contributed by atoms with Gasteiger partial charge in [0.25, 0.3) is 5.91 Å². The zero-order valence-electron chi connectivity index (χ0n) is 8.95. The van der Waals surface area contributed by atoms with Crippen molar-refractivity contribution in [3.05, 3.63) is 0 Å². The molecule has 1 amide bonds. The Balaban J connectivity index is 0.00000196. The minimum Gasteiger partial charge on any atom is -0.380 e. The van der Waals surface area contributed by atoms with Crippen LogP contribution in [0.5, 0.6) is 0 Å². The van der Waals surface area contributed by atoms with Crippen molar-refractivity contribution >= 4 is 18.3 Å². The lowest BCUT2D eigenvalue weighted by Crippen LogP contribution is -2.48. The molecule has 0 aromatic rings. The molecule has 0 aliphatic carbocycles. The van der Waals surface area contributed by atoms with Gasteiger partial charge >= 0.3 is 0 Å². The molecule has 90 valence electrons. The van der Waals surface area contributed by atoms with Gasteiger partial charge < -0.3 is 20.1 Å². The van der Waals surface area contributed by atoms with Gasteiger partial charge in [-0.15, -0.1) is 12.4 Å². The van der Waals surface area contributed by atoms with E-state index < -0.39 is 0 Å². The fraction of sp³-hybridized carbons (Fsp3) is 0.889. The summed E-state index contributed by atoms with van der Waals surface area (Å²) in [4.78, 5) is 11.4. The molecular formula is C9H19ClN2O3. The van der Waals surface area contributed by atoms with E-state index in [0.29, 0.717) is 32.9 Å². The van der Waals surface area contributed by atoms with Gasteiger partial charge in [0.2, 0.25) is 0 Å². The maximum atomic E-state index is 11.4. The number of halogens is 1. The zero-order chi connectivity index (χ0) is 10.2. The number of nitrogens with one attached hydrogen (secondary N) is 2. The Morgan fingerprint density at radius 2 is 2.47 bits per heavy atom. The van der Waals surface area contributed by atoms with Gasteiger partial charge in [0.05, 0.1) is 13.2 Å². The minimum atomic E-state index is -0.342. The number of hydrogen-bond donors (Lipinski definition) is 2. The summed E-state index contributed by atoms with van der Waals surface area (Å²) in [5.74, 6) is -0.0584. The molecule has 1 aliphatic rings. The van der Waals surface area contributed by atoms with Crippen LogP contribution in [-0.4, -0.2) is 51.5 Å². The molecule has 0 radical (unpaired) electrons. The number of carbonyl (C=O) groups excluding carboxylic acids is 1. The summed E-state index contributed by atoms with van der Waals surface area (Å²) in [7, 11) is 0.